The summed E-state index contributed by atoms with van der Waals surface area (Å²) in [4.78, 5) is 20.6. The van der Waals surface area contributed by atoms with Crippen LogP contribution in [0.4, 0.5) is 0 Å². The van der Waals surface area contributed by atoms with Gasteiger partial charge in [-0.2, -0.15) is 17.0 Å². The van der Waals surface area contributed by atoms with Crippen LogP contribution in [0.1, 0.15) is 12.8 Å². The van der Waals surface area contributed by atoms with Crippen LogP contribution in [0.15, 0.2) is 0 Å². The minimum atomic E-state index is -1.04. The van der Waals surface area contributed by atoms with E-state index in [9.17, 15) is 9.59 Å². The molecule has 0 radical (unpaired) electrons. The van der Waals surface area contributed by atoms with Crippen LogP contribution >= 0.6 is 11.8 Å². The van der Waals surface area contributed by atoms with Crippen LogP contribution in [0.5, 0.6) is 0 Å². The van der Waals surface area contributed by atoms with Gasteiger partial charge in [0.25, 0.3) is 0 Å². The van der Waals surface area contributed by atoms with Gasteiger partial charge in [-0.25, -0.2) is 4.79 Å². The van der Waals surface area contributed by atoms with Crippen LogP contribution in [0, 0.1) is 11.3 Å². The third-order valence-corrected chi connectivity index (χ3v) is 2.58. The summed E-state index contributed by atoms with van der Waals surface area (Å²) in [5.74, 6) is 0.0297. The second-order valence-corrected chi connectivity index (χ2v) is 3.66. The van der Waals surface area contributed by atoms with Gasteiger partial charge in [-0.1, -0.05) is 0 Å². The fourth-order valence-corrected chi connectivity index (χ4v) is 1.72. The number of rotatable bonds is 8. The zero-order valence-electron chi connectivity index (χ0n) is 7.60. The number of carboxylic acid groups (broad SMARTS) is 1. The second-order valence-electron chi connectivity index (χ2n) is 2.51. The molecule has 1 atom stereocenters. The van der Waals surface area contributed by atoms with Crippen molar-refractivity contribution in [2.75, 3.05) is 11.5 Å². The average Bonchev–Trinajstić information content (AvgIpc) is 2.15. The molecule has 1 amide bonds. The van der Waals surface area contributed by atoms with Gasteiger partial charge in [0.1, 0.15) is 6.04 Å². The van der Waals surface area contributed by atoms with E-state index in [0.717, 1.165) is 12.2 Å². The molecule has 0 aliphatic rings. The summed E-state index contributed by atoms with van der Waals surface area (Å²) in [5.41, 5.74) is 0. The molecule has 0 fully saturated rings. The molecule has 0 aliphatic heterocycles. The van der Waals surface area contributed by atoms with E-state index in [1.54, 1.807) is 0 Å². The van der Waals surface area contributed by atoms with E-state index < -0.39 is 12.0 Å². The Morgan fingerprint density at radius 3 is 2.93 bits per heavy atom. The molecule has 0 aromatic heterocycles. The van der Waals surface area contributed by atoms with Gasteiger partial charge in [0.05, 0.1) is 6.07 Å². The van der Waals surface area contributed by atoms with Crippen molar-refractivity contribution in [2.45, 2.75) is 18.9 Å². The van der Waals surface area contributed by atoms with Crippen molar-refractivity contribution < 1.29 is 14.7 Å². The molecule has 0 spiro atoms. The molecule has 0 heterocycles. The van der Waals surface area contributed by atoms with E-state index in [2.05, 4.69) is 5.32 Å². The van der Waals surface area contributed by atoms with E-state index in [-0.39, 0.29) is 0 Å². The fourth-order valence-electron chi connectivity index (χ4n) is 0.727. The van der Waals surface area contributed by atoms with Crippen molar-refractivity contribution in [3.05, 3.63) is 0 Å². The molecule has 0 saturated carbocycles. The van der Waals surface area contributed by atoms with Crippen molar-refractivity contribution in [3.63, 3.8) is 0 Å². The van der Waals surface area contributed by atoms with Crippen molar-refractivity contribution in [1.82, 2.24) is 5.32 Å². The van der Waals surface area contributed by atoms with Crippen LogP contribution < -0.4 is 5.32 Å². The molecule has 6 heteroatoms. The molecule has 2 N–H and O–H groups in total. The summed E-state index contributed by atoms with van der Waals surface area (Å²) in [7, 11) is 0. The summed E-state index contributed by atoms with van der Waals surface area (Å²) in [6, 6.07) is 1.17. The number of unbranched alkanes of at least 4 members (excludes halogenated alkanes) is 1. The zero-order valence-corrected chi connectivity index (χ0v) is 8.42. The Balaban J connectivity index is 3.56. The zero-order chi connectivity index (χ0) is 10.8. The first-order chi connectivity index (χ1) is 6.72. The Hall–Kier alpha value is -1.22. The topological polar surface area (TPSA) is 90.2 Å². The molecule has 0 saturated heterocycles. The lowest BCUT2D eigenvalue weighted by Gasteiger charge is -2.09. The van der Waals surface area contributed by atoms with E-state index >= 15 is 0 Å². The highest BCUT2D eigenvalue weighted by molar-refractivity contribution is 7.99. The fraction of sp³-hybridized carbons (Fsp3) is 0.625. The highest BCUT2D eigenvalue weighted by Crippen LogP contribution is 2.06. The number of nitriles is 1. The van der Waals surface area contributed by atoms with Gasteiger partial charge < -0.3 is 10.4 Å². The number of carbonyl (C=O) groups excluding carboxylic acids is 1. The monoisotopic (exact) mass is 216 g/mol. The van der Waals surface area contributed by atoms with Gasteiger partial charge in [-0.05, 0) is 12.2 Å². The van der Waals surface area contributed by atoms with Crippen molar-refractivity contribution in [2.24, 2.45) is 0 Å². The van der Waals surface area contributed by atoms with E-state index in [0.29, 0.717) is 18.6 Å². The molecule has 0 bridgehead atoms. The summed E-state index contributed by atoms with van der Waals surface area (Å²) in [6.45, 7) is 0. The SMILES string of the molecule is N#CCCCSCC(NC=O)C(=O)O. The van der Waals surface area contributed by atoms with E-state index in [1.165, 1.54) is 11.8 Å². The third-order valence-electron chi connectivity index (χ3n) is 1.43. The normalized spacial score (nSPS) is 11.4. The summed E-state index contributed by atoms with van der Waals surface area (Å²) >= 11 is 1.42. The first-order valence-electron chi connectivity index (χ1n) is 4.09. The number of carbonyl (C=O) groups is 2. The lowest BCUT2D eigenvalue weighted by molar-refractivity contribution is -0.139. The largest absolute Gasteiger partial charge is 0.480 e. The summed E-state index contributed by atoms with van der Waals surface area (Å²) < 4.78 is 0. The predicted octanol–water partition coefficient (Wildman–Crippen LogP) is 0.223. The van der Waals surface area contributed by atoms with Crippen LogP contribution in [0.3, 0.4) is 0 Å². The van der Waals surface area contributed by atoms with Crippen molar-refractivity contribution in [1.29, 1.82) is 5.26 Å². The van der Waals surface area contributed by atoms with Gasteiger partial charge in [0.15, 0.2) is 0 Å². The number of hydrogen-bond donors (Lipinski definition) is 2. The van der Waals surface area contributed by atoms with Crippen LogP contribution in [-0.4, -0.2) is 35.0 Å². The third kappa shape index (κ3) is 6.31. The Morgan fingerprint density at radius 2 is 2.43 bits per heavy atom. The highest BCUT2D eigenvalue weighted by atomic mass is 32.2. The predicted molar refractivity (Wildman–Crippen MR) is 52.8 cm³/mol. The molecule has 1 unspecified atom stereocenters. The molecule has 0 aromatic rings. The van der Waals surface area contributed by atoms with E-state index in [4.69, 9.17) is 10.4 Å². The maximum Gasteiger partial charge on any atom is 0.327 e. The highest BCUT2D eigenvalue weighted by Gasteiger charge is 2.15. The van der Waals surface area contributed by atoms with Crippen LogP contribution in [0.25, 0.3) is 0 Å². The standard InChI is InChI=1S/C8H12N2O3S/c9-3-1-2-4-14-5-7(8(12)13)10-6-11/h6-7H,1-2,4-5H2,(H,10,11)(H,12,13). The molecule has 0 aromatic carbocycles. The number of nitrogens with zero attached hydrogens (tertiary/aromatic N) is 1. The lowest BCUT2D eigenvalue weighted by Crippen LogP contribution is -2.37. The Morgan fingerprint density at radius 1 is 1.71 bits per heavy atom. The van der Waals surface area contributed by atoms with Crippen molar-refractivity contribution in [3.8, 4) is 6.07 Å². The van der Waals surface area contributed by atoms with E-state index in [1.807, 2.05) is 6.07 Å². The van der Waals surface area contributed by atoms with Gasteiger partial charge in [0, 0.05) is 12.2 Å². The lowest BCUT2D eigenvalue weighted by atomic mass is 10.3. The van der Waals surface area contributed by atoms with Gasteiger partial charge in [0.2, 0.25) is 6.41 Å². The number of thioether (sulfide) groups is 1. The van der Waals surface area contributed by atoms with Gasteiger partial charge in [-0.15, -0.1) is 0 Å². The number of hydrogen-bond acceptors (Lipinski definition) is 4. The van der Waals surface area contributed by atoms with Crippen LogP contribution in [-0.2, 0) is 9.59 Å². The second kappa shape index (κ2) is 8.38. The number of carboxylic acids is 1. The van der Waals surface area contributed by atoms with Gasteiger partial charge >= 0.3 is 5.97 Å². The Kier molecular flexibility index (Phi) is 7.65. The molecular weight excluding hydrogens is 204 g/mol. The quantitative estimate of drug-likeness (QED) is 0.447. The first-order valence-corrected chi connectivity index (χ1v) is 5.25. The Labute approximate surface area is 86.5 Å². The summed E-state index contributed by atoms with van der Waals surface area (Å²) in [5, 5.41) is 19.1. The molecular formula is C8H12N2O3S. The summed E-state index contributed by atoms with van der Waals surface area (Å²) in [6.07, 6.45) is 1.61. The minimum Gasteiger partial charge on any atom is -0.480 e. The molecule has 78 valence electrons. The number of aliphatic carboxylic acids is 1. The van der Waals surface area contributed by atoms with Gasteiger partial charge in [-0.3, -0.25) is 4.79 Å². The number of nitrogens with one attached hydrogen (secondary N) is 1. The van der Waals surface area contributed by atoms with Crippen molar-refractivity contribution >= 4 is 24.1 Å². The van der Waals surface area contributed by atoms with Crippen LogP contribution in [0.2, 0.25) is 0 Å². The molecule has 0 rings (SSSR count). The number of amides is 1. The Bertz CT molecular complexity index is 227. The minimum absolute atomic E-state index is 0.333. The molecule has 14 heavy (non-hydrogen) atoms. The molecule has 5 nitrogen and oxygen atoms in total. The average molecular weight is 216 g/mol. The smallest absolute Gasteiger partial charge is 0.327 e. The first kappa shape index (κ1) is 12.8. The maximum atomic E-state index is 10.5. The molecule has 0 aliphatic carbocycles. The maximum absolute atomic E-state index is 10.5.